The number of carbonyl (C=O) groups is 2. The van der Waals surface area contributed by atoms with E-state index in [0.717, 1.165) is 57.8 Å². The van der Waals surface area contributed by atoms with E-state index in [-0.39, 0.29) is 32.0 Å². The van der Waals surface area contributed by atoms with Gasteiger partial charge in [0.25, 0.3) is 7.82 Å². The topological polar surface area (TPSA) is 111 Å². The molecule has 0 bridgehead atoms. The third kappa shape index (κ3) is 43.6. The van der Waals surface area contributed by atoms with Crippen molar-refractivity contribution in [2.45, 2.75) is 206 Å². The SMILES string of the molecule is CCCCC/C=C\C/C=C\C/C=C\CCCCCCC(=O)O[C@H](COC(=O)CCCCCCCCCCCCCCCCCC)COP(=O)([O-])OCC[N+](C)(C)C. The van der Waals surface area contributed by atoms with Gasteiger partial charge in [-0.3, -0.25) is 14.2 Å². The monoisotopic (exact) mass is 826 g/mol. The standard InChI is InChI=1S/C47H88NO8P/c1-6-8-10-12-14-16-18-20-22-24-26-28-30-32-34-36-38-40-47(50)56-45(44-55-57(51,52)54-42-41-48(3,4)5)43-53-46(49)39-37-35-33-31-29-27-25-23-21-19-17-15-13-11-9-7-2/h14,16,20,22,26,28,45H,6-13,15,17-19,21,23-25,27,29-44H2,1-5H3/b16-14-,22-20-,28-26-/t45-/m1/s1. The number of hydrogen-bond acceptors (Lipinski definition) is 8. The molecular formula is C47H88NO8P. The summed E-state index contributed by atoms with van der Waals surface area (Å²) in [7, 11) is 1.15. The Bertz CT molecular complexity index is 1070. The predicted molar refractivity (Wildman–Crippen MR) is 236 cm³/mol. The number of carbonyl (C=O) groups excluding carboxylic acids is 2. The van der Waals surface area contributed by atoms with Crippen LogP contribution in [0.3, 0.4) is 0 Å². The quantitative estimate of drug-likeness (QED) is 0.0197. The molecule has 0 aliphatic rings. The Balaban J connectivity index is 4.36. The first kappa shape index (κ1) is 55.2. The Morgan fingerprint density at radius 3 is 1.44 bits per heavy atom. The van der Waals surface area contributed by atoms with Crippen LogP contribution in [0.5, 0.6) is 0 Å². The Morgan fingerprint density at radius 1 is 0.544 bits per heavy atom. The number of phosphoric acid groups is 1. The van der Waals surface area contributed by atoms with Gasteiger partial charge < -0.3 is 27.9 Å². The van der Waals surface area contributed by atoms with Crippen molar-refractivity contribution >= 4 is 19.8 Å². The van der Waals surface area contributed by atoms with Crippen LogP contribution in [0.25, 0.3) is 0 Å². The van der Waals surface area contributed by atoms with Gasteiger partial charge in [-0.2, -0.15) is 0 Å². The number of nitrogens with zero attached hydrogens (tertiary/aromatic N) is 1. The molecule has 0 aliphatic carbocycles. The van der Waals surface area contributed by atoms with Gasteiger partial charge in [-0.05, 0) is 51.4 Å². The molecule has 0 radical (unpaired) electrons. The summed E-state index contributed by atoms with van der Waals surface area (Å²) < 4.78 is 33.9. The lowest BCUT2D eigenvalue weighted by atomic mass is 10.0. The molecule has 10 heteroatoms. The molecule has 0 saturated heterocycles. The van der Waals surface area contributed by atoms with Crippen LogP contribution in [0, 0.1) is 0 Å². The highest BCUT2D eigenvalue weighted by Gasteiger charge is 2.21. The van der Waals surface area contributed by atoms with Crippen molar-refractivity contribution in [2.75, 3.05) is 47.5 Å². The fourth-order valence-corrected chi connectivity index (χ4v) is 6.98. The summed E-state index contributed by atoms with van der Waals surface area (Å²) in [5, 5.41) is 0. The van der Waals surface area contributed by atoms with Crippen LogP contribution in [0.1, 0.15) is 200 Å². The van der Waals surface area contributed by atoms with E-state index in [1.165, 1.54) is 109 Å². The van der Waals surface area contributed by atoms with Crippen molar-refractivity contribution in [2.24, 2.45) is 0 Å². The van der Waals surface area contributed by atoms with Crippen LogP contribution in [0.2, 0.25) is 0 Å². The first-order chi connectivity index (χ1) is 27.5. The van der Waals surface area contributed by atoms with Gasteiger partial charge in [-0.15, -0.1) is 0 Å². The predicted octanol–water partition coefficient (Wildman–Crippen LogP) is 12.7. The average molecular weight is 826 g/mol. The molecule has 0 N–H and O–H groups in total. The summed E-state index contributed by atoms with van der Waals surface area (Å²) in [5.41, 5.74) is 0. The number of esters is 2. The number of phosphoric ester groups is 1. The molecular weight excluding hydrogens is 737 g/mol. The Hall–Kier alpha value is -1.77. The maximum atomic E-state index is 12.7. The number of allylic oxidation sites excluding steroid dienone is 6. The average Bonchev–Trinajstić information content (AvgIpc) is 3.16. The van der Waals surface area contributed by atoms with Crippen LogP contribution in [-0.4, -0.2) is 70.0 Å². The van der Waals surface area contributed by atoms with Gasteiger partial charge in [0.15, 0.2) is 6.10 Å². The molecule has 2 atom stereocenters. The van der Waals surface area contributed by atoms with Gasteiger partial charge in [0, 0.05) is 12.8 Å². The lowest BCUT2D eigenvalue weighted by Crippen LogP contribution is -2.37. The molecule has 0 saturated carbocycles. The number of unbranched alkanes of at least 4 members (excludes halogenated alkanes) is 22. The van der Waals surface area contributed by atoms with E-state index in [4.69, 9.17) is 18.5 Å². The third-order valence-corrected chi connectivity index (χ3v) is 10.9. The molecule has 0 amide bonds. The van der Waals surface area contributed by atoms with Crippen molar-refractivity contribution < 1.29 is 42.1 Å². The molecule has 57 heavy (non-hydrogen) atoms. The minimum Gasteiger partial charge on any atom is -0.756 e. The van der Waals surface area contributed by atoms with Crippen LogP contribution in [-0.2, 0) is 32.7 Å². The Morgan fingerprint density at radius 2 is 0.947 bits per heavy atom. The molecule has 0 aliphatic heterocycles. The second kappa shape index (κ2) is 39.7. The first-order valence-corrected chi connectivity index (χ1v) is 24.7. The smallest absolute Gasteiger partial charge is 0.306 e. The van der Waals surface area contributed by atoms with Gasteiger partial charge in [-0.1, -0.05) is 172 Å². The fourth-order valence-electron chi connectivity index (χ4n) is 6.25. The van der Waals surface area contributed by atoms with E-state index in [2.05, 4.69) is 50.3 Å². The summed E-state index contributed by atoms with van der Waals surface area (Å²) in [5.74, 6) is -0.854. The number of hydrogen-bond donors (Lipinski definition) is 0. The summed E-state index contributed by atoms with van der Waals surface area (Å²) in [6.07, 6.45) is 44.5. The molecule has 0 aromatic rings. The minimum atomic E-state index is -4.63. The fraction of sp³-hybridized carbons (Fsp3) is 0.830. The minimum absolute atomic E-state index is 0.0347. The molecule has 0 heterocycles. The van der Waals surface area contributed by atoms with Crippen molar-refractivity contribution in [3.8, 4) is 0 Å². The van der Waals surface area contributed by atoms with E-state index in [0.29, 0.717) is 17.4 Å². The number of rotatable bonds is 42. The molecule has 0 aromatic heterocycles. The van der Waals surface area contributed by atoms with Gasteiger partial charge in [0.05, 0.1) is 27.7 Å². The molecule has 0 fully saturated rings. The molecule has 334 valence electrons. The summed E-state index contributed by atoms with van der Waals surface area (Å²) >= 11 is 0. The molecule has 9 nitrogen and oxygen atoms in total. The van der Waals surface area contributed by atoms with E-state index in [1.54, 1.807) is 0 Å². The van der Waals surface area contributed by atoms with Gasteiger partial charge in [0.2, 0.25) is 0 Å². The Kier molecular flexibility index (Phi) is 38.4. The van der Waals surface area contributed by atoms with Crippen LogP contribution >= 0.6 is 7.82 Å². The number of ether oxygens (including phenoxy) is 2. The zero-order valence-corrected chi connectivity index (χ0v) is 38.4. The van der Waals surface area contributed by atoms with E-state index < -0.39 is 26.5 Å². The number of likely N-dealkylation sites (N-methyl/N-ethyl adjacent to an activating group) is 1. The summed E-state index contributed by atoms with van der Waals surface area (Å²) in [6.45, 7) is 4.19. The lowest BCUT2D eigenvalue weighted by Gasteiger charge is -2.28. The second-order valence-corrected chi connectivity index (χ2v) is 18.2. The Labute approximate surface area is 351 Å². The first-order valence-electron chi connectivity index (χ1n) is 23.2. The maximum Gasteiger partial charge on any atom is 0.306 e. The highest BCUT2D eigenvalue weighted by molar-refractivity contribution is 7.45. The second-order valence-electron chi connectivity index (χ2n) is 16.8. The van der Waals surface area contributed by atoms with Crippen molar-refractivity contribution in [1.82, 2.24) is 0 Å². The van der Waals surface area contributed by atoms with E-state index in [9.17, 15) is 19.0 Å². The molecule has 0 rings (SSSR count). The van der Waals surface area contributed by atoms with Crippen molar-refractivity contribution in [3.05, 3.63) is 36.5 Å². The highest BCUT2D eigenvalue weighted by atomic mass is 31.2. The largest absolute Gasteiger partial charge is 0.756 e. The van der Waals surface area contributed by atoms with Crippen molar-refractivity contribution in [1.29, 1.82) is 0 Å². The van der Waals surface area contributed by atoms with E-state index >= 15 is 0 Å². The third-order valence-electron chi connectivity index (χ3n) is 9.91. The van der Waals surface area contributed by atoms with Crippen molar-refractivity contribution in [3.63, 3.8) is 0 Å². The van der Waals surface area contributed by atoms with Crippen LogP contribution < -0.4 is 4.89 Å². The molecule has 1 unspecified atom stereocenters. The van der Waals surface area contributed by atoms with Crippen LogP contribution in [0.15, 0.2) is 36.5 Å². The summed E-state index contributed by atoms with van der Waals surface area (Å²) in [4.78, 5) is 37.6. The molecule has 0 spiro atoms. The van der Waals surface area contributed by atoms with Crippen LogP contribution in [0.4, 0.5) is 0 Å². The van der Waals surface area contributed by atoms with Gasteiger partial charge in [-0.25, -0.2) is 0 Å². The normalized spacial score (nSPS) is 13.9. The summed E-state index contributed by atoms with van der Waals surface area (Å²) in [6, 6.07) is 0. The molecule has 0 aromatic carbocycles. The zero-order valence-electron chi connectivity index (χ0n) is 37.5. The van der Waals surface area contributed by atoms with Gasteiger partial charge in [0.1, 0.15) is 19.8 Å². The van der Waals surface area contributed by atoms with Gasteiger partial charge >= 0.3 is 11.9 Å². The van der Waals surface area contributed by atoms with E-state index in [1.807, 2.05) is 21.1 Å². The maximum absolute atomic E-state index is 12.7. The number of quaternary nitrogens is 1. The lowest BCUT2D eigenvalue weighted by molar-refractivity contribution is -0.870. The zero-order chi connectivity index (χ0) is 42.1. The highest BCUT2D eigenvalue weighted by Crippen LogP contribution is 2.38.